The molecule has 2 amide bonds. The van der Waals surface area contributed by atoms with Crippen molar-refractivity contribution < 1.29 is 9.59 Å². The maximum Gasteiger partial charge on any atom is 0.251 e. The Morgan fingerprint density at radius 3 is 2.35 bits per heavy atom. The molecule has 1 fully saturated rings. The van der Waals surface area contributed by atoms with Crippen LogP contribution in [0.4, 0.5) is 0 Å². The highest BCUT2D eigenvalue weighted by Gasteiger charge is 2.31. The van der Waals surface area contributed by atoms with Crippen molar-refractivity contribution in [1.82, 2.24) is 10.2 Å². The van der Waals surface area contributed by atoms with Gasteiger partial charge in [-0.25, -0.2) is 0 Å². The Morgan fingerprint density at radius 2 is 1.65 bits per heavy atom. The molecule has 1 unspecified atom stereocenters. The second-order valence-electron chi connectivity index (χ2n) is 7.05. The van der Waals surface area contributed by atoms with Crippen LogP contribution >= 0.6 is 0 Å². The van der Waals surface area contributed by atoms with Crippen molar-refractivity contribution in [2.45, 2.75) is 39.7 Å². The molecule has 3 rings (SSSR count). The number of nitrogens with zero attached hydrogens (tertiary/aromatic N) is 1. The molecule has 1 aliphatic heterocycles. The molecular formula is C22H26N2O2. The van der Waals surface area contributed by atoms with Gasteiger partial charge in [-0.3, -0.25) is 9.59 Å². The van der Waals surface area contributed by atoms with Crippen LogP contribution in [0.5, 0.6) is 0 Å². The molecule has 2 aromatic carbocycles. The molecule has 0 aliphatic carbocycles. The smallest absolute Gasteiger partial charge is 0.251 e. The number of hydrogen-bond acceptors (Lipinski definition) is 2. The molecule has 0 aromatic heterocycles. The van der Waals surface area contributed by atoms with Crippen molar-refractivity contribution in [2.75, 3.05) is 13.1 Å². The highest BCUT2D eigenvalue weighted by Crippen LogP contribution is 2.35. The SMILES string of the molecule is Cc1ccccc1C(=O)NCC(=O)N1CCCC1c1c(C)cccc1C. The van der Waals surface area contributed by atoms with Gasteiger partial charge in [0.15, 0.2) is 0 Å². The summed E-state index contributed by atoms with van der Waals surface area (Å²) in [5.41, 5.74) is 5.22. The lowest BCUT2D eigenvalue weighted by Gasteiger charge is -2.28. The normalized spacial score (nSPS) is 16.6. The number of hydrogen-bond donors (Lipinski definition) is 1. The summed E-state index contributed by atoms with van der Waals surface area (Å²) < 4.78 is 0. The summed E-state index contributed by atoms with van der Waals surface area (Å²) in [6.07, 6.45) is 1.97. The quantitative estimate of drug-likeness (QED) is 0.914. The molecular weight excluding hydrogens is 324 g/mol. The zero-order valence-electron chi connectivity index (χ0n) is 15.7. The van der Waals surface area contributed by atoms with Crippen LogP contribution in [0.3, 0.4) is 0 Å². The van der Waals surface area contributed by atoms with Gasteiger partial charge in [-0.2, -0.15) is 0 Å². The lowest BCUT2D eigenvalue weighted by Crippen LogP contribution is -2.40. The molecule has 1 aliphatic rings. The van der Waals surface area contributed by atoms with Crippen LogP contribution in [0.2, 0.25) is 0 Å². The lowest BCUT2D eigenvalue weighted by molar-refractivity contribution is -0.131. The first-order chi connectivity index (χ1) is 12.5. The number of rotatable bonds is 4. The Kier molecular flexibility index (Phi) is 5.40. The van der Waals surface area contributed by atoms with E-state index in [-0.39, 0.29) is 24.4 Å². The third-order valence-electron chi connectivity index (χ3n) is 5.24. The molecule has 1 saturated heterocycles. The van der Waals surface area contributed by atoms with Crippen LogP contribution < -0.4 is 5.32 Å². The van der Waals surface area contributed by atoms with E-state index < -0.39 is 0 Å². The number of likely N-dealkylation sites (tertiary alicyclic amines) is 1. The summed E-state index contributed by atoms with van der Waals surface area (Å²) in [6.45, 7) is 6.88. The van der Waals surface area contributed by atoms with E-state index in [1.165, 1.54) is 16.7 Å². The predicted molar refractivity (Wildman–Crippen MR) is 103 cm³/mol. The van der Waals surface area contributed by atoms with E-state index in [4.69, 9.17) is 0 Å². The fourth-order valence-corrected chi connectivity index (χ4v) is 3.90. The second-order valence-corrected chi connectivity index (χ2v) is 7.05. The highest BCUT2D eigenvalue weighted by atomic mass is 16.2. The molecule has 136 valence electrons. The van der Waals surface area contributed by atoms with E-state index in [0.29, 0.717) is 5.56 Å². The van der Waals surface area contributed by atoms with Crippen molar-refractivity contribution in [2.24, 2.45) is 0 Å². The van der Waals surface area contributed by atoms with Gasteiger partial charge in [-0.1, -0.05) is 36.4 Å². The largest absolute Gasteiger partial charge is 0.343 e. The average molecular weight is 350 g/mol. The maximum atomic E-state index is 12.8. The highest BCUT2D eigenvalue weighted by molar-refractivity contribution is 5.97. The van der Waals surface area contributed by atoms with Crippen LogP contribution in [0, 0.1) is 20.8 Å². The van der Waals surface area contributed by atoms with Gasteiger partial charge in [0, 0.05) is 12.1 Å². The molecule has 1 atom stereocenters. The Bertz CT molecular complexity index is 808. The zero-order valence-corrected chi connectivity index (χ0v) is 15.7. The Balaban J connectivity index is 1.69. The Hall–Kier alpha value is -2.62. The fourth-order valence-electron chi connectivity index (χ4n) is 3.90. The van der Waals surface area contributed by atoms with Crippen molar-refractivity contribution in [1.29, 1.82) is 0 Å². The minimum Gasteiger partial charge on any atom is -0.343 e. The van der Waals surface area contributed by atoms with Gasteiger partial charge in [0.05, 0.1) is 12.6 Å². The van der Waals surface area contributed by atoms with Gasteiger partial charge in [0.2, 0.25) is 5.91 Å². The Labute approximate surface area is 155 Å². The standard InChI is InChI=1S/C22H26N2O2/c1-15-8-4-5-11-18(15)22(26)23-14-20(25)24-13-7-12-19(24)21-16(2)9-6-10-17(21)3/h4-6,8-11,19H,7,12-14H2,1-3H3,(H,23,26). The number of benzene rings is 2. The molecule has 2 aromatic rings. The summed E-state index contributed by atoms with van der Waals surface area (Å²) in [6, 6.07) is 13.8. The molecule has 1 heterocycles. The molecule has 26 heavy (non-hydrogen) atoms. The van der Waals surface area contributed by atoms with E-state index in [9.17, 15) is 9.59 Å². The molecule has 0 spiro atoms. The molecule has 4 heteroatoms. The molecule has 0 bridgehead atoms. The maximum absolute atomic E-state index is 12.8. The first kappa shape index (κ1) is 18.2. The van der Waals surface area contributed by atoms with Crippen molar-refractivity contribution in [3.8, 4) is 0 Å². The van der Waals surface area contributed by atoms with Crippen LogP contribution in [-0.4, -0.2) is 29.8 Å². The van der Waals surface area contributed by atoms with E-state index in [1.54, 1.807) is 6.07 Å². The first-order valence-corrected chi connectivity index (χ1v) is 9.18. The van der Waals surface area contributed by atoms with Gasteiger partial charge in [-0.15, -0.1) is 0 Å². The topological polar surface area (TPSA) is 49.4 Å². The van der Waals surface area contributed by atoms with Gasteiger partial charge < -0.3 is 10.2 Å². The minimum atomic E-state index is -0.195. The van der Waals surface area contributed by atoms with Crippen molar-refractivity contribution in [3.05, 3.63) is 70.3 Å². The summed E-state index contributed by atoms with van der Waals surface area (Å²) in [7, 11) is 0. The fraction of sp³-hybridized carbons (Fsp3) is 0.364. The van der Waals surface area contributed by atoms with Crippen molar-refractivity contribution >= 4 is 11.8 Å². The van der Waals surface area contributed by atoms with Crippen LogP contribution in [0.25, 0.3) is 0 Å². The van der Waals surface area contributed by atoms with Crippen LogP contribution in [0.1, 0.15) is 51.5 Å². The van der Waals surface area contributed by atoms with E-state index in [0.717, 1.165) is 24.9 Å². The third kappa shape index (κ3) is 3.64. The molecule has 1 N–H and O–H groups in total. The number of amides is 2. The van der Waals surface area contributed by atoms with Crippen LogP contribution in [0.15, 0.2) is 42.5 Å². The van der Waals surface area contributed by atoms with Gasteiger partial charge in [0.1, 0.15) is 0 Å². The summed E-state index contributed by atoms with van der Waals surface area (Å²) in [5.74, 6) is -0.212. The van der Waals surface area contributed by atoms with Gasteiger partial charge in [-0.05, 0) is 61.9 Å². The van der Waals surface area contributed by atoms with Crippen LogP contribution in [-0.2, 0) is 4.79 Å². The summed E-state index contributed by atoms with van der Waals surface area (Å²) in [5, 5.41) is 2.79. The number of carbonyl (C=O) groups excluding carboxylic acids is 2. The minimum absolute atomic E-state index is 0.0166. The Morgan fingerprint density at radius 1 is 1.00 bits per heavy atom. The second kappa shape index (κ2) is 7.73. The first-order valence-electron chi connectivity index (χ1n) is 9.18. The molecule has 0 radical (unpaired) electrons. The van der Waals surface area contributed by atoms with Crippen molar-refractivity contribution in [3.63, 3.8) is 0 Å². The van der Waals surface area contributed by atoms with Gasteiger partial charge in [0.25, 0.3) is 5.91 Å². The third-order valence-corrected chi connectivity index (χ3v) is 5.24. The molecule has 0 saturated carbocycles. The number of nitrogens with one attached hydrogen (secondary N) is 1. The van der Waals surface area contributed by atoms with E-state index in [2.05, 4.69) is 37.4 Å². The van der Waals surface area contributed by atoms with E-state index >= 15 is 0 Å². The number of aryl methyl sites for hydroxylation is 3. The lowest BCUT2D eigenvalue weighted by atomic mass is 9.94. The predicted octanol–water partition coefficient (Wildman–Crippen LogP) is 3.71. The zero-order chi connectivity index (χ0) is 18.7. The summed E-state index contributed by atoms with van der Waals surface area (Å²) in [4.78, 5) is 27.1. The van der Waals surface area contributed by atoms with E-state index in [1.807, 2.05) is 30.0 Å². The monoisotopic (exact) mass is 350 g/mol. The number of carbonyl (C=O) groups is 2. The van der Waals surface area contributed by atoms with Gasteiger partial charge >= 0.3 is 0 Å². The average Bonchev–Trinajstić information content (AvgIpc) is 3.09. The summed E-state index contributed by atoms with van der Waals surface area (Å²) >= 11 is 0. The molecule has 4 nitrogen and oxygen atoms in total.